The fourth-order valence-electron chi connectivity index (χ4n) is 2.25. The third kappa shape index (κ3) is 1.86. The van der Waals surface area contributed by atoms with Crippen LogP contribution in [0.5, 0.6) is 0 Å². The second kappa shape index (κ2) is 4.36. The molecule has 3 rings (SSSR count). The summed E-state index contributed by atoms with van der Waals surface area (Å²) in [6, 6.07) is 9.49. The van der Waals surface area contributed by atoms with Crippen molar-refractivity contribution in [3.8, 4) is 0 Å². The lowest BCUT2D eigenvalue weighted by Gasteiger charge is -2.16. The molecule has 2 heterocycles. The molecule has 0 aliphatic carbocycles. The lowest BCUT2D eigenvalue weighted by Crippen LogP contribution is -2.31. The summed E-state index contributed by atoms with van der Waals surface area (Å²) in [5.74, 6) is 0. The molecule has 5 heteroatoms. The molecule has 0 saturated carbocycles. The Morgan fingerprint density at radius 2 is 1.71 bits per heavy atom. The third-order valence-corrected chi connectivity index (χ3v) is 3.10. The Morgan fingerprint density at radius 3 is 2.41 bits per heavy atom. The first-order valence-electron chi connectivity index (χ1n) is 5.60. The van der Waals surface area contributed by atoms with Crippen LogP contribution in [0.4, 0.5) is 0 Å². The van der Waals surface area contributed by atoms with Crippen LogP contribution in [0.3, 0.4) is 0 Å². The van der Waals surface area contributed by atoms with Crippen LogP contribution in [-0.2, 0) is 14.2 Å². The Balaban J connectivity index is 1.78. The molecule has 5 atom stereocenters. The maximum Gasteiger partial charge on any atom is 0.185 e. The van der Waals surface area contributed by atoms with E-state index in [0.29, 0.717) is 0 Å². The van der Waals surface area contributed by atoms with E-state index in [4.69, 9.17) is 19.3 Å². The highest BCUT2D eigenvalue weighted by atomic mass is 16.8. The van der Waals surface area contributed by atoms with Gasteiger partial charge in [-0.25, -0.2) is 0 Å². The van der Waals surface area contributed by atoms with Gasteiger partial charge in [0.15, 0.2) is 12.6 Å². The van der Waals surface area contributed by atoms with Crippen molar-refractivity contribution in [1.29, 1.82) is 0 Å². The van der Waals surface area contributed by atoms with E-state index < -0.39 is 30.9 Å². The molecule has 2 aliphatic heterocycles. The number of fused-ring (bicyclic) bond motifs is 1. The zero-order chi connectivity index (χ0) is 11.8. The van der Waals surface area contributed by atoms with E-state index >= 15 is 0 Å². The molecular weight excluding hydrogens is 224 g/mol. The Hall–Kier alpha value is -0.980. The molecule has 0 bridgehead atoms. The molecule has 0 amide bonds. The summed E-state index contributed by atoms with van der Waals surface area (Å²) in [5.41, 5.74) is 0.894. The van der Waals surface area contributed by atoms with Crippen LogP contribution in [0.15, 0.2) is 30.3 Å². The average molecular weight is 238 g/mol. The first kappa shape index (κ1) is 11.1. The summed E-state index contributed by atoms with van der Waals surface area (Å²) in [5, 5.41) is 18.7. The van der Waals surface area contributed by atoms with Crippen molar-refractivity contribution in [1.82, 2.24) is 0 Å². The van der Waals surface area contributed by atoms with Crippen LogP contribution in [-0.4, -0.2) is 41.4 Å². The largest absolute Gasteiger partial charge is 0.394 e. The van der Waals surface area contributed by atoms with E-state index in [-0.39, 0.29) is 6.61 Å². The van der Waals surface area contributed by atoms with Crippen molar-refractivity contribution >= 4 is 0 Å². The number of aliphatic hydroxyl groups excluding tert-OH is 2. The van der Waals surface area contributed by atoms with Gasteiger partial charge in [0.2, 0.25) is 0 Å². The summed E-state index contributed by atoms with van der Waals surface area (Å²) in [7, 11) is 0. The fraction of sp³-hybridized carbons (Fsp3) is 0.500. The topological polar surface area (TPSA) is 68.2 Å². The SMILES string of the molecule is OC[C@@H]1O[C@@H](O)[C@H]2O[C@@H](c3ccccc3)O[C@H]21. The molecule has 0 unspecified atom stereocenters. The van der Waals surface area contributed by atoms with Gasteiger partial charge in [-0.3, -0.25) is 0 Å². The number of hydrogen-bond acceptors (Lipinski definition) is 5. The third-order valence-electron chi connectivity index (χ3n) is 3.10. The maximum atomic E-state index is 9.63. The molecule has 0 aromatic heterocycles. The normalized spacial score (nSPS) is 40.5. The molecule has 2 N–H and O–H groups in total. The summed E-state index contributed by atoms with van der Waals surface area (Å²) in [6.07, 6.45) is -3.01. The van der Waals surface area contributed by atoms with Gasteiger partial charge in [0.05, 0.1) is 6.61 Å². The zero-order valence-corrected chi connectivity index (χ0v) is 9.10. The summed E-state index contributed by atoms with van der Waals surface area (Å²) in [6.45, 7) is -0.191. The van der Waals surface area contributed by atoms with E-state index in [1.165, 1.54) is 0 Å². The van der Waals surface area contributed by atoms with Crippen LogP contribution in [0.1, 0.15) is 11.9 Å². The Bertz CT molecular complexity index is 382. The van der Waals surface area contributed by atoms with Crippen molar-refractivity contribution in [3.63, 3.8) is 0 Å². The molecule has 0 radical (unpaired) electrons. The monoisotopic (exact) mass is 238 g/mol. The Labute approximate surface area is 98.5 Å². The first-order valence-corrected chi connectivity index (χ1v) is 5.60. The van der Waals surface area contributed by atoms with Crippen molar-refractivity contribution in [2.24, 2.45) is 0 Å². The molecular formula is C12H14O5. The van der Waals surface area contributed by atoms with Gasteiger partial charge in [-0.05, 0) is 0 Å². The highest BCUT2D eigenvalue weighted by molar-refractivity contribution is 5.17. The molecule has 92 valence electrons. The first-order chi connectivity index (χ1) is 8.29. The number of hydrogen-bond donors (Lipinski definition) is 2. The fourth-order valence-corrected chi connectivity index (χ4v) is 2.25. The molecule has 17 heavy (non-hydrogen) atoms. The van der Waals surface area contributed by atoms with E-state index in [9.17, 15) is 5.11 Å². The number of ether oxygens (including phenoxy) is 3. The lowest BCUT2D eigenvalue weighted by molar-refractivity contribution is -0.190. The molecule has 2 aliphatic rings. The second-order valence-electron chi connectivity index (χ2n) is 4.19. The van der Waals surface area contributed by atoms with Gasteiger partial charge in [0, 0.05) is 5.56 Å². The van der Waals surface area contributed by atoms with E-state index in [1.807, 2.05) is 30.3 Å². The summed E-state index contributed by atoms with van der Waals surface area (Å²) < 4.78 is 16.4. The summed E-state index contributed by atoms with van der Waals surface area (Å²) >= 11 is 0. The van der Waals surface area contributed by atoms with Gasteiger partial charge in [-0.1, -0.05) is 30.3 Å². The zero-order valence-electron chi connectivity index (χ0n) is 9.10. The Kier molecular flexibility index (Phi) is 2.85. The van der Waals surface area contributed by atoms with Crippen LogP contribution < -0.4 is 0 Å². The van der Waals surface area contributed by atoms with Crippen molar-refractivity contribution in [3.05, 3.63) is 35.9 Å². The number of rotatable bonds is 2. The lowest BCUT2D eigenvalue weighted by atomic mass is 10.1. The minimum absolute atomic E-state index is 0.191. The highest BCUT2D eigenvalue weighted by Crippen LogP contribution is 2.39. The minimum atomic E-state index is -1.04. The summed E-state index contributed by atoms with van der Waals surface area (Å²) in [4.78, 5) is 0. The van der Waals surface area contributed by atoms with Crippen molar-refractivity contribution in [2.45, 2.75) is 30.9 Å². The maximum absolute atomic E-state index is 9.63. The molecule has 2 fully saturated rings. The molecule has 1 aromatic rings. The van der Waals surface area contributed by atoms with Gasteiger partial charge in [0.1, 0.15) is 18.3 Å². The minimum Gasteiger partial charge on any atom is -0.394 e. The van der Waals surface area contributed by atoms with Crippen LogP contribution in [0, 0.1) is 0 Å². The standard InChI is InChI=1S/C12H14O5/c13-6-8-9-10(11(14)15-8)17-12(16-9)7-4-2-1-3-5-7/h1-5,8-14H,6H2/t8-,9-,10-,11+,12-/m0/s1. The predicted molar refractivity (Wildman–Crippen MR) is 56.9 cm³/mol. The number of benzene rings is 1. The van der Waals surface area contributed by atoms with Crippen LogP contribution >= 0.6 is 0 Å². The van der Waals surface area contributed by atoms with Gasteiger partial charge in [-0.15, -0.1) is 0 Å². The quantitative estimate of drug-likeness (QED) is 0.769. The van der Waals surface area contributed by atoms with Crippen LogP contribution in [0.25, 0.3) is 0 Å². The smallest absolute Gasteiger partial charge is 0.185 e. The van der Waals surface area contributed by atoms with Gasteiger partial charge in [0.25, 0.3) is 0 Å². The molecule has 0 spiro atoms. The van der Waals surface area contributed by atoms with Gasteiger partial charge < -0.3 is 24.4 Å². The van der Waals surface area contributed by atoms with Crippen molar-refractivity contribution < 1.29 is 24.4 Å². The number of aliphatic hydroxyl groups is 2. The highest BCUT2D eigenvalue weighted by Gasteiger charge is 2.52. The van der Waals surface area contributed by atoms with E-state index in [1.54, 1.807) is 0 Å². The van der Waals surface area contributed by atoms with E-state index in [0.717, 1.165) is 5.56 Å². The molecule has 1 aromatic carbocycles. The van der Waals surface area contributed by atoms with E-state index in [2.05, 4.69) is 0 Å². The molecule has 5 nitrogen and oxygen atoms in total. The molecule has 2 saturated heterocycles. The average Bonchev–Trinajstić information content (AvgIpc) is 2.92. The van der Waals surface area contributed by atoms with Crippen LogP contribution in [0.2, 0.25) is 0 Å². The van der Waals surface area contributed by atoms with Gasteiger partial charge >= 0.3 is 0 Å². The van der Waals surface area contributed by atoms with Crippen molar-refractivity contribution in [2.75, 3.05) is 6.61 Å². The predicted octanol–water partition coefficient (Wildman–Crippen LogP) is 0.179. The Morgan fingerprint density at radius 1 is 1.00 bits per heavy atom. The second-order valence-corrected chi connectivity index (χ2v) is 4.19. The van der Waals surface area contributed by atoms with Gasteiger partial charge in [-0.2, -0.15) is 0 Å².